The highest BCUT2D eigenvalue weighted by molar-refractivity contribution is 6.27. The molecule has 0 saturated carbocycles. The topological polar surface area (TPSA) is 29.5 Å². The summed E-state index contributed by atoms with van der Waals surface area (Å²) in [5.74, 6) is 2.08. The highest BCUT2D eigenvalue weighted by atomic mass is 28.2. The summed E-state index contributed by atoms with van der Waals surface area (Å²) in [6.07, 6.45) is 6.76. The fraction of sp³-hybridized carbons (Fsp3) is 0.750. The number of hydrogen-bond donors (Lipinski definition) is 1. The highest BCUT2D eigenvalue weighted by Gasteiger charge is 1.97. The molecule has 2 nitrogen and oxygen atoms in total. The smallest absolute Gasteiger partial charge is 0.229 e. The molecule has 1 rings (SSSR count). The van der Waals surface area contributed by atoms with Gasteiger partial charge in [0.25, 0.3) is 0 Å². The van der Waals surface area contributed by atoms with Crippen LogP contribution in [0.3, 0.4) is 0 Å². The van der Waals surface area contributed by atoms with Crippen LogP contribution in [-0.2, 0) is 4.43 Å². The Kier molecular flexibility index (Phi) is 7.59. The van der Waals surface area contributed by atoms with Crippen molar-refractivity contribution in [2.45, 2.75) is 31.9 Å². The maximum atomic E-state index is 8.12. The van der Waals surface area contributed by atoms with Crippen molar-refractivity contribution in [2.75, 3.05) is 6.61 Å². The van der Waals surface area contributed by atoms with E-state index in [2.05, 4.69) is 12.3 Å². The third-order valence-electron chi connectivity index (χ3n) is 1.12. The molecule has 2 radical (unpaired) electrons. The summed E-state index contributed by atoms with van der Waals surface area (Å²) in [5.41, 5.74) is 0. The van der Waals surface area contributed by atoms with Gasteiger partial charge in [-0.05, 0) is 19.4 Å². The van der Waals surface area contributed by atoms with Gasteiger partial charge >= 0.3 is 0 Å². The largest absolute Gasteiger partial charge is 0.417 e. The number of hydrogen-bond acceptors (Lipinski definition) is 2. The summed E-state index contributed by atoms with van der Waals surface area (Å²) in [6, 6.07) is 1.31. The molecule has 1 aliphatic rings. The SMILES string of the molecule is C#CC(C)O.C1CC[Si]OC1. The Morgan fingerprint density at radius 2 is 2.27 bits per heavy atom. The van der Waals surface area contributed by atoms with Gasteiger partial charge in [0.15, 0.2) is 0 Å². The predicted molar refractivity (Wildman–Crippen MR) is 46.3 cm³/mol. The van der Waals surface area contributed by atoms with Crippen molar-refractivity contribution in [3.63, 3.8) is 0 Å². The zero-order valence-corrected chi connectivity index (χ0v) is 7.84. The van der Waals surface area contributed by atoms with E-state index in [9.17, 15) is 0 Å². The molecule has 0 aromatic heterocycles. The van der Waals surface area contributed by atoms with Crippen molar-refractivity contribution in [1.82, 2.24) is 0 Å². The number of terminal acetylenes is 1. The molecule has 0 bridgehead atoms. The summed E-state index contributed by atoms with van der Waals surface area (Å²) in [6.45, 7) is 2.55. The molecule has 62 valence electrons. The zero-order valence-electron chi connectivity index (χ0n) is 6.84. The lowest BCUT2D eigenvalue weighted by Gasteiger charge is -2.06. The zero-order chi connectivity index (χ0) is 8.53. The summed E-state index contributed by atoms with van der Waals surface area (Å²) in [4.78, 5) is 0. The standard InChI is InChI=1S/C4H8OSi.C4H6O/c1-2-4-6-5-3-1;1-3-4(2)5/h1-4H2;1,4-5H,2H3. The fourth-order valence-corrected chi connectivity index (χ4v) is 1.34. The molecule has 0 aromatic rings. The van der Waals surface area contributed by atoms with Crippen molar-refractivity contribution in [3.8, 4) is 12.3 Å². The molecular formula is C8H14O2Si. The van der Waals surface area contributed by atoms with E-state index in [1.54, 1.807) is 6.92 Å². The number of rotatable bonds is 0. The van der Waals surface area contributed by atoms with E-state index in [4.69, 9.17) is 9.53 Å². The predicted octanol–water partition coefficient (Wildman–Crippen LogP) is 0.835. The second-order valence-corrected chi connectivity index (χ2v) is 3.37. The minimum absolute atomic E-state index is 0.588. The number of aliphatic hydroxyl groups excluding tert-OH is 1. The maximum Gasteiger partial charge on any atom is 0.229 e. The van der Waals surface area contributed by atoms with Crippen molar-refractivity contribution >= 4 is 9.76 Å². The van der Waals surface area contributed by atoms with Gasteiger partial charge in [-0.15, -0.1) is 6.42 Å². The molecule has 11 heavy (non-hydrogen) atoms. The number of aliphatic hydroxyl groups is 1. The Balaban J connectivity index is 0.000000187. The van der Waals surface area contributed by atoms with Gasteiger partial charge in [0.1, 0.15) is 6.10 Å². The molecule has 0 spiro atoms. The Labute approximate surface area is 70.9 Å². The van der Waals surface area contributed by atoms with Crippen LogP contribution in [0.15, 0.2) is 0 Å². The van der Waals surface area contributed by atoms with Gasteiger partial charge in [0.05, 0.1) is 0 Å². The molecule has 1 saturated heterocycles. The summed E-state index contributed by atoms with van der Waals surface area (Å²) in [5, 5.41) is 8.12. The van der Waals surface area contributed by atoms with Gasteiger partial charge in [0.2, 0.25) is 9.76 Å². The lowest BCUT2D eigenvalue weighted by molar-refractivity contribution is 0.253. The molecule has 3 heteroatoms. The van der Waals surface area contributed by atoms with E-state index < -0.39 is 6.10 Å². The molecular weight excluding hydrogens is 156 g/mol. The van der Waals surface area contributed by atoms with Crippen LogP contribution in [0.4, 0.5) is 0 Å². The summed E-state index contributed by atoms with van der Waals surface area (Å²) < 4.78 is 5.10. The average molecular weight is 170 g/mol. The molecule has 1 atom stereocenters. The quantitative estimate of drug-likeness (QED) is 0.431. The average Bonchev–Trinajstić information content (AvgIpc) is 2.09. The van der Waals surface area contributed by atoms with Crippen LogP contribution in [0.25, 0.3) is 0 Å². The molecule has 0 amide bonds. The van der Waals surface area contributed by atoms with E-state index >= 15 is 0 Å². The van der Waals surface area contributed by atoms with Gasteiger partial charge in [-0.1, -0.05) is 12.3 Å². The molecule has 1 N–H and O–H groups in total. The van der Waals surface area contributed by atoms with Crippen LogP contribution in [0.5, 0.6) is 0 Å². The molecule has 1 unspecified atom stereocenters. The molecule has 0 aromatic carbocycles. The van der Waals surface area contributed by atoms with Crippen LogP contribution < -0.4 is 0 Å². The van der Waals surface area contributed by atoms with E-state index in [0.29, 0.717) is 0 Å². The normalized spacial score (nSPS) is 19.0. The minimum atomic E-state index is -0.588. The van der Waals surface area contributed by atoms with Crippen LogP contribution in [-0.4, -0.2) is 27.6 Å². The van der Waals surface area contributed by atoms with Gasteiger partial charge < -0.3 is 9.53 Å². The highest BCUT2D eigenvalue weighted by Crippen LogP contribution is 2.01. The van der Waals surface area contributed by atoms with Crippen LogP contribution in [0, 0.1) is 12.3 Å². The van der Waals surface area contributed by atoms with Crippen molar-refractivity contribution in [2.24, 2.45) is 0 Å². The first kappa shape index (κ1) is 10.7. The Morgan fingerprint density at radius 3 is 2.36 bits per heavy atom. The van der Waals surface area contributed by atoms with Crippen molar-refractivity contribution in [1.29, 1.82) is 0 Å². The fourth-order valence-electron chi connectivity index (χ4n) is 0.516. The first-order valence-electron chi connectivity index (χ1n) is 3.76. The monoisotopic (exact) mass is 170 g/mol. The molecule has 1 heterocycles. The summed E-state index contributed by atoms with van der Waals surface area (Å²) >= 11 is 0. The molecule has 0 aliphatic carbocycles. The van der Waals surface area contributed by atoms with Crippen LogP contribution in [0.2, 0.25) is 6.04 Å². The second-order valence-electron chi connectivity index (χ2n) is 2.29. The lowest BCUT2D eigenvalue weighted by atomic mass is 10.4. The lowest BCUT2D eigenvalue weighted by Crippen LogP contribution is -2.06. The van der Waals surface area contributed by atoms with Crippen molar-refractivity contribution < 1.29 is 9.53 Å². The first-order valence-corrected chi connectivity index (χ1v) is 4.87. The van der Waals surface area contributed by atoms with E-state index in [1.165, 1.54) is 18.9 Å². The van der Waals surface area contributed by atoms with Crippen LogP contribution >= 0.6 is 0 Å². The minimum Gasteiger partial charge on any atom is -0.417 e. The third kappa shape index (κ3) is 9.70. The van der Waals surface area contributed by atoms with Gasteiger partial charge in [-0.2, -0.15) is 0 Å². The maximum absolute atomic E-state index is 8.12. The van der Waals surface area contributed by atoms with Crippen molar-refractivity contribution in [3.05, 3.63) is 0 Å². The molecule has 1 aliphatic heterocycles. The van der Waals surface area contributed by atoms with E-state index in [-0.39, 0.29) is 0 Å². The van der Waals surface area contributed by atoms with Gasteiger partial charge in [-0.25, -0.2) is 0 Å². The van der Waals surface area contributed by atoms with Gasteiger partial charge in [-0.3, -0.25) is 0 Å². The van der Waals surface area contributed by atoms with Crippen LogP contribution in [0.1, 0.15) is 19.8 Å². The van der Waals surface area contributed by atoms with E-state index in [0.717, 1.165) is 16.4 Å². The Hall–Kier alpha value is -0.303. The third-order valence-corrected chi connectivity index (χ3v) is 2.08. The summed E-state index contributed by atoms with van der Waals surface area (Å²) in [7, 11) is 0.802. The second kappa shape index (κ2) is 7.80. The van der Waals surface area contributed by atoms with Gasteiger partial charge in [0, 0.05) is 6.61 Å². The molecule has 1 fully saturated rings. The Morgan fingerprint density at radius 1 is 1.64 bits per heavy atom. The first-order chi connectivity index (χ1) is 5.27. The Bertz CT molecular complexity index is 102. The van der Waals surface area contributed by atoms with E-state index in [1.807, 2.05) is 0 Å².